The molecule has 0 bridgehead atoms. The van der Waals surface area contributed by atoms with E-state index in [0.717, 1.165) is 25.6 Å². The van der Waals surface area contributed by atoms with E-state index in [1.165, 1.54) is 0 Å². The van der Waals surface area contributed by atoms with Crippen LogP contribution in [-0.2, 0) is 4.74 Å². The van der Waals surface area contributed by atoms with E-state index < -0.39 is 0 Å². The Labute approximate surface area is 43.1 Å². The summed E-state index contributed by atoms with van der Waals surface area (Å²) in [7, 11) is 0. The van der Waals surface area contributed by atoms with E-state index in [2.05, 4.69) is 0 Å². The van der Waals surface area contributed by atoms with Gasteiger partial charge in [-0.1, -0.05) is 0 Å². The highest BCUT2D eigenvalue weighted by molar-refractivity contribution is 4.81. The first-order valence-electron chi connectivity index (χ1n) is 2.52. The van der Waals surface area contributed by atoms with Crippen LogP contribution < -0.4 is 0 Å². The standard InChI is InChI=1S/C5H9O2/c6-4-5-2-1-3-7-5/h6H,1-4H2. The molecule has 0 aromatic rings. The van der Waals surface area contributed by atoms with Crippen LogP contribution in [-0.4, -0.2) is 18.3 Å². The molecule has 0 spiro atoms. The molecule has 1 radical (unpaired) electrons. The average Bonchev–Trinajstić information content (AvgIpc) is 2.14. The summed E-state index contributed by atoms with van der Waals surface area (Å²) in [5, 5.41) is 8.40. The second-order valence-corrected chi connectivity index (χ2v) is 1.65. The van der Waals surface area contributed by atoms with Crippen LogP contribution in [0.2, 0.25) is 0 Å². The molecule has 0 unspecified atom stereocenters. The maximum atomic E-state index is 8.40. The molecule has 2 heteroatoms. The van der Waals surface area contributed by atoms with Gasteiger partial charge >= 0.3 is 0 Å². The molecule has 1 saturated heterocycles. The maximum absolute atomic E-state index is 8.40. The van der Waals surface area contributed by atoms with E-state index in [-0.39, 0.29) is 6.61 Å². The van der Waals surface area contributed by atoms with E-state index in [1.54, 1.807) is 0 Å². The summed E-state index contributed by atoms with van der Waals surface area (Å²) in [6, 6.07) is 0. The minimum absolute atomic E-state index is 0.111. The fraction of sp³-hybridized carbons (Fsp3) is 0.800. The lowest BCUT2D eigenvalue weighted by Crippen LogP contribution is -1.98. The SMILES string of the molecule is OC[C]1CCCO1. The lowest BCUT2D eigenvalue weighted by Gasteiger charge is -1.98. The number of aliphatic hydroxyl groups excluding tert-OH is 1. The second-order valence-electron chi connectivity index (χ2n) is 1.65. The van der Waals surface area contributed by atoms with Crippen LogP contribution >= 0.6 is 0 Å². The zero-order chi connectivity index (χ0) is 5.11. The van der Waals surface area contributed by atoms with Crippen molar-refractivity contribution in [1.82, 2.24) is 0 Å². The van der Waals surface area contributed by atoms with Crippen LogP contribution in [0.25, 0.3) is 0 Å². The van der Waals surface area contributed by atoms with Crippen LogP contribution in [0.3, 0.4) is 0 Å². The molecule has 41 valence electrons. The molecule has 0 aliphatic carbocycles. The first-order valence-corrected chi connectivity index (χ1v) is 2.52. The molecule has 1 aliphatic rings. The van der Waals surface area contributed by atoms with Crippen molar-refractivity contribution in [3.63, 3.8) is 0 Å². The molecule has 1 N–H and O–H groups in total. The molecule has 0 amide bonds. The molecule has 1 aliphatic heterocycles. The average molecular weight is 101 g/mol. The van der Waals surface area contributed by atoms with Crippen molar-refractivity contribution in [2.45, 2.75) is 12.8 Å². The van der Waals surface area contributed by atoms with E-state index in [1.807, 2.05) is 0 Å². The van der Waals surface area contributed by atoms with Crippen LogP contribution in [0.15, 0.2) is 0 Å². The Morgan fingerprint density at radius 1 is 1.71 bits per heavy atom. The smallest absolute Gasteiger partial charge is 0.122 e. The third kappa shape index (κ3) is 1.14. The highest BCUT2D eigenvalue weighted by atomic mass is 16.5. The van der Waals surface area contributed by atoms with E-state index in [9.17, 15) is 0 Å². The zero-order valence-corrected chi connectivity index (χ0v) is 4.18. The van der Waals surface area contributed by atoms with Crippen molar-refractivity contribution in [2.75, 3.05) is 13.2 Å². The summed E-state index contributed by atoms with van der Waals surface area (Å²) in [6.45, 7) is 0.913. The number of ether oxygens (including phenoxy) is 1. The maximum Gasteiger partial charge on any atom is 0.122 e. The van der Waals surface area contributed by atoms with Crippen molar-refractivity contribution in [3.05, 3.63) is 6.10 Å². The van der Waals surface area contributed by atoms with Crippen LogP contribution in [0.4, 0.5) is 0 Å². The van der Waals surface area contributed by atoms with Crippen molar-refractivity contribution < 1.29 is 9.84 Å². The van der Waals surface area contributed by atoms with Crippen molar-refractivity contribution in [1.29, 1.82) is 0 Å². The van der Waals surface area contributed by atoms with Gasteiger partial charge in [-0.3, -0.25) is 0 Å². The topological polar surface area (TPSA) is 29.5 Å². The molecule has 0 atom stereocenters. The number of hydrogen-bond acceptors (Lipinski definition) is 2. The lowest BCUT2D eigenvalue weighted by atomic mass is 10.2. The van der Waals surface area contributed by atoms with Crippen LogP contribution in [0.1, 0.15) is 12.8 Å². The summed E-state index contributed by atoms with van der Waals surface area (Å²) in [4.78, 5) is 0. The van der Waals surface area contributed by atoms with Gasteiger partial charge in [-0.05, 0) is 12.8 Å². The summed E-state index contributed by atoms with van der Waals surface area (Å²) < 4.78 is 4.97. The van der Waals surface area contributed by atoms with E-state index in [0.29, 0.717) is 0 Å². The minimum atomic E-state index is 0.111. The number of rotatable bonds is 1. The molecular formula is C5H9O2. The fourth-order valence-electron chi connectivity index (χ4n) is 0.683. The molecule has 0 aromatic carbocycles. The Balaban J connectivity index is 2.14. The largest absolute Gasteiger partial charge is 0.393 e. The molecule has 1 rings (SSSR count). The van der Waals surface area contributed by atoms with Crippen molar-refractivity contribution in [3.8, 4) is 0 Å². The Hall–Kier alpha value is -0.0800. The normalized spacial score (nSPS) is 23.6. The predicted octanol–water partition coefficient (Wildman–Crippen LogP) is 0.321. The second kappa shape index (κ2) is 2.28. The number of aliphatic hydroxyl groups is 1. The number of hydrogen-bond donors (Lipinski definition) is 1. The summed E-state index contributed by atoms with van der Waals surface area (Å²) >= 11 is 0. The summed E-state index contributed by atoms with van der Waals surface area (Å²) in [6.07, 6.45) is 2.88. The minimum Gasteiger partial charge on any atom is -0.393 e. The summed E-state index contributed by atoms with van der Waals surface area (Å²) in [5.41, 5.74) is 0. The van der Waals surface area contributed by atoms with E-state index in [4.69, 9.17) is 9.84 Å². The third-order valence-corrected chi connectivity index (χ3v) is 1.08. The van der Waals surface area contributed by atoms with Gasteiger partial charge in [-0.15, -0.1) is 0 Å². The highest BCUT2D eigenvalue weighted by Gasteiger charge is 2.14. The Kier molecular flexibility index (Phi) is 1.65. The summed E-state index contributed by atoms with van der Waals surface area (Å²) in [5.74, 6) is 0. The highest BCUT2D eigenvalue weighted by Crippen LogP contribution is 2.17. The third-order valence-electron chi connectivity index (χ3n) is 1.08. The van der Waals surface area contributed by atoms with Crippen LogP contribution in [0.5, 0.6) is 0 Å². The lowest BCUT2D eigenvalue weighted by molar-refractivity contribution is 0.138. The molecular weight excluding hydrogens is 92.1 g/mol. The molecule has 0 aromatic heterocycles. The quantitative estimate of drug-likeness (QED) is 0.515. The van der Waals surface area contributed by atoms with Gasteiger partial charge < -0.3 is 9.84 Å². The first-order chi connectivity index (χ1) is 3.43. The van der Waals surface area contributed by atoms with Gasteiger partial charge in [0.1, 0.15) is 6.10 Å². The molecule has 1 fully saturated rings. The molecule has 7 heavy (non-hydrogen) atoms. The van der Waals surface area contributed by atoms with Gasteiger partial charge in [0.05, 0.1) is 6.61 Å². The van der Waals surface area contributed by atoms with E-state index >= 15 is 0 Å². The van der Waals surface area contributed by atoms with Gasteiger partial charge in [-0.2, -0.15) is 0 Å². The predicted molar refractivity (Wildman–Crippen MR) is 25.5 cm³/mol. The fourth-order valence-corrected chi connectivity index (χ4v) is 0.683. The van der Waals surface area contributed by atoms with Gasteiger partial charge in [0.15, 0.2) is 0 Å². The van der Waals surface area contributed by atoms with Crippen molar-refractivity contribution in [2.24, 2.45) is 0 Å². The Morgan fingerprint density at radius 3 is 2.86 bits per heavy atom. The first kappa shape index (κ1) is 5.06. The van der Waals surface area contributed by atoms with Gasteiger partial charge in [0.2, 0.25) is 0 Å². The van der Waals surface area contributed by atoms with Gasteiger partial charge in [0, 0.05) is 6.61 Å². The van der Waals surface area contributed by atoms with Gasteiger partial charge in [0.25, 0.3) is 0 Å². The van der Waals surface area contributed by atoms with Crippen LogP contribution in [0, 0.1) is 6.10 Å². The molecule has 1 heterocycles. The Morgan fingerprint density at radius 2 is 2.57 bits per heavy atom. The van der Waals surface area contributed by atoms with Crippen molar-refractivity contribution >= 4 is 0 Å². The molecule has 2 nitrogen and oxygen atoms in total. The zero-order valence-electron chi connectivity index (χ0n) is 4.18. The molecule has 0 saturated carbocycles. The van der Waals surface area contributed by atoms with Gasteiger partial charge in [-0.25, -0.2) is 0 Å². The Bertz CT molecular complexity index is 48.0. The monoisotopic (exact) mass is 101 g/mol.